The van der Waals surface area contributed by atoms with E-state index in [1.807, 2.05) is 18.2 Å². The number of nitrogens with zero attached hydrogens (tertiary/aromatic N) is 1. The SMILES string of the molecule is COc1ccc(C2=NC(=Cc3cc(Br)ccc3OC)C(=O)O2)cc1. The lowest BCUT2D eigenvalue weighted by Gasteiger charge is -2.04. The van der Waals surface area contributed by atoms with Crippen molar-refractivity contribution in [3.63, 3.8) is 0 Å². The maximum Gasteiger partial charge on any atom is 0.363 e. The zero-order chi connectivity index (χ0) is 17.1. The van der Waals surface area contributed by atoms with Crippen molar-refractivity contribution in [3.05, 3.63) is 63.8 Å². The van der Waals surface area contributed by atoms with E-state index in [0.717, 1.165) is 15.8 Å². The van der Waals surface area contributed by atoms with Crippen LogP contribution in [0.25, 0.3) is 6.08 Å². The van der Waals surface area contributed by atoms with Crippen LogP contribution in [0.2, 0.25) is 0 Å². The maximum absolute atomic E-state index is 12.1. The van der Waals surface area contributed by atoms with E-state index in [1.54, 1.807) is 44.6 Å². The monoisotopic (exact) mass is 387 g/mol. The zero-order valence-corrected chi connectivity index (χ0v) is 14.7. The Bertz CT molecular complexity index is 841. The fourth-order valence-electron chi connectivity index (χ4n) is 2.23. The number of rotatable bonds is 4. The van der Waals surface area contributed by atoms with Crippen LogP contribution in [0.15, 0.2) is 57.6 Å². The molecule has 0 amide bonds. The summed E-state index contributed by atoms with van der Waals surface area (Å²) >= 11 is 3.40. The molecule has 1 heterocycles. The number of hydrogen-bond acceptors (Lipinski definition) is 5. The van der Waals surface area contributed by atoms with E-state index in [2.05, 4.69) is 20.9 Å². The third-order valence-corrected chi connectivity index (χ3v) is 3.93. The Balaban J connectivity index is 1.95. The van der Waals surface area contributed by atoms with Gasteiger partial charge in [-0.1, -0.05) is 15.9 Å². The molecule has 0 aromatic heterocycles. The molecule has 5 nitrogen and oxygen atoms in total. The van der Waals surface area contributed by atoms with E-state index in [-0.39, 0.29) is 11.6 Å². The number of carbonyl (C=O) groups excluding carboxylic acids is 1. The Morgan fingerprint density at radius 1 is 1.08 bits per heavy atom. The number of benzene rings is 2. The number of cyclic esters (lactones) is 1. The summed E-state index contributed by atoms with van der Waals surface area (Å²) in [6.07, 6.45) is 1.64. The van der Waals surface area contributed by atoms with Crippen molar-refractivity contribution in [3.8, 4) is 11.5 Å². The molecular formula is C18H14BrNO4. The van der Waals surface area contributed by atoms with Crippen molar-refractivity contribution in [1.82, 2.24) is 0 Å². The molecule has 0 spiro atoms. The van der Waals surface area contributed by atoms with Crippen molar-refractivity contribution < 1.29 is 19.0 Å². The molecule has 0 N–H and O–H groups in total. The molecular weight excluding hydrogens is 374 g/mol. The highest BCUT2D eigenvalue weighted by Gasteiger charge is 2.24. The lowest BCUT2D eigenvalue weighted by Crippen LogP contribution is -2.05. The molecule has 3 rings (SSSR count). The second-order valence-electron chi connectivity index (χ2n) is 4.95. The van der Waals surface area contributed by atoms with Gasteiger partial charge >= 0.3 is 5.97 Å². The van der Waals surface area contributed by atoms with Crippen LogP contribution in [0.3, 0.4) is 0 Å². The minimum absolute atomic E-state index is 0.220. The van der Waals surface area contributed by atoms with Crippen LogP contribution in [0.1, 0.15) is 11.1 Å². The third kappa shape index (κ3) is 3.33. The molecule has 0 radical (unpaired) electrons. The smallest absolute Gasteiger partial charge is 0.363 e. The fourth-order valence-corrected chi connectivity index (χ4v) is 2.61. The van der Waals surface area contributed by atoms with Crippen molar-refractivity contribution in [2.24, 2.45) is 4.99 Å². The second kappa shape index (κ2) is 6.88. The first-order valence-corrected chi connectivity index (χ1v) is 7.90. The third-order valence-electron chi connectivity index (χ3n) is 3.44. The summed E-state index contributed by atoms with van der Waals surface area (Å²) in [6.45, 7) is 0. The van der Waals surface area contributed by atoms with Gasteiger partial charge in [0, 0.05) is 15.6 Å². The Labute approximate surface area is 147 Å². The average Bonchev–Trinajstić information content (AvgIpc) is 2.96. The van der Waals surface area contributed by atoms with Crippen molar-refractivity contribution in [2.45, 2.75) is 0 Å². The highest BCUT2D eigenvalue weighted by atomic mass is 79.9. The Morgan fingerprint density at radius 3 is 2.50 bits per heavy atom. The average molecular weight is 388 g/mol. The van der Waals surface area contributed by atoms with E-state index in [4.69, 9.17) is 14.2 Å². The van der Waals surface area contributed by atoms with Gasteiger partial charge < -0.3 is 14.2 Å². The molecule has 0 bridgehead atoms. The van der Waals surface area contributed by atoms with Gasteiger partial charge in [0.25, 0.3) is 0 Å². The molecule has 2 aromatic carbocycles. The summed E-state index contributed by atoms with van der Waals surface area (Å²) in [5, 5.41) is 0. The van der Waals surface area contributed by atoms with Crippen molar-refractivity contribution >= 4 is 33.9 Å². The van der Waals surface area contributed by atoms with E-state index >= 15 is 0 Å². The predicted octanol–water partition coefficient (Wildman–Crippen LogP) is 3.81. The predicted molar refractivity (Wildman–Crippen MR) is 94.3 cm³/mol. The first-order chi connectivity index (χ1) is 11.6. The van der Waals surface area contributed by atoms with E-state index in [0.29, 0.717) is 11.3 Å². The minimum Gasteiger partial charge on any atom is -0.497 e. The number of aliphatic imine (C=N–C) groups is 1. The van der Waals surface area contributed by atoms with Crippen LogP contribution >= 0.6 is 15.9 Å². The van der Waals surface area contributed by atoms with Gasteiger partial charge in [0.2, 0.25) is 5.90 Å². The van der Waals surface area contributed by atoms with E-state index in [1.165, 1.54) is 0 Å². The number of hydrogen-bond donors (Lipinski definition) is 0. The van der Waals surface area contributed by atoms with Gasteiger partial charge in [-0.15, -0.1) is 0 Å². The second-order valence-corrected chi connectivity index (χ2v) is 5.87. The number of ether oxygens (including phenoxy) is 3. The fraction of sp³-hybridized carbons (Fsp3) is 0.111. The topological polar surface area (TPSA) is 57.1 Å². The van der Waals surface area contributed by atoms with Crippen LogP contribution in [-0.4, -0.2) is 26.1 Å². The molecule has 24 heavy (non-hydrogen) atoms. The summed E-state index contributed by atoms with van der Waals surface area (Å²) < 4.78 is 16.6. The number of carbonyl (C=O) groups is 1. The largest absolute Gasteiger partial charge is 0.497 e. The highest BCUT2D eigenvalue weighted by Crippen LogP contribution is 2.27. The van der Waals surface area contributed by atoms with E-state index in [9.17, 15) is 4.79 Å². The van der Waals surface area contributed by atoms with Gasteiger partial charge in [-0.05, 0) is 48.5 Å². The Kier molecular flexibility index (Phi) is 4.66. The molecule has 0 aliphatic carbocycles. The molecule has 0 atom stereocenters. The summed E-state index contributed by atoms with van der Waals surface area (Å²) in [5.74, 6) is 1.13. The molecule has 0 saturated heterocycles. The number of methoxy groups -OCH3 is 2. The lowest BCUT2D eigenvalue weighted by atomic mass is 10.1. The summed E-state index contributed by atoms with van der Waals surface area (Å²) in [7, 11) is 3.17. The lowest BCUT2D eigenvalue weighted by molar-refractivity contribution is -0.129. The minimum atomic E-state index is -0.497. The highest BCUT2D eigenvalue weighted by molar-refractivity contribution is 9.10. The van der Waals surface area contributed by atoms with Crippen LogP contribution in [0.5, 0.6) is 11.5 Å². The quantitative estimate of drug-likeness (QED) is 0.591. The number of esters is 1. The molecule has 1 aliphatic heterocycles. The molecule has 0 fully saturated rings. The molecule has 2 aromatic rings. The number of halogens is 1. The van der Waals surface area contributed by atoms with Gasteiger partial charge in [-0.3, -0.25) is 0 Å². The van der Waals surface area contributed by atoms with Crippen molar-refractivity contribution in [1.29, 1.82) is 0 Å². The first kappa shape index (κ1) is 16.3. The van der Waals surface area contributed by atoms with Crippen LogP contribution in [0, 0.1) is 0 Å². The van der Waals surface area contributed by atoms with Gasteiger partial charge in [0.1, 0.15) is 11.5 Å². The van der Waals surface area contributed by atoms with Crippen molar-refractivity contribution in [2.75, 3.05) is 14.2 Å². The summed E-state index contributed by atoms with van der Waals surface area (Å²) in [6, 6.07) is 12.7. The van der Waals surface area contributed by atoms with Gasteiger partial charge in [0.05, 0.1) is 14.2 Å². The van der Waals surface area contributed by atoms with Gasteiger partial charge in [-0.25, -0.2) is 9.79 Å². The molecule has 122 valence electrons. The Morgan fingerprint density at radius 2 is 1.83 bits per heavy atom. The summed E-state index contributed by atoms with van der Waals surface area (Å²) in [4.78, 5) is 16.4. The van der Waals surface area contributed by atoms with Gasteiger partial charge in [0.15, 0.2) is 5.70 Å². The zero-order valence-electron chi connectivity index (χ0n) is 13.1. The maximum atomic E-state index is 12.1. The standard InChI is InChI=1S/C18H14BrNO4/c1-22-14-6-3-11(4-7-14)17-20-15(18(21)24-17)10-12-9-13(19)5-8-16(12)23-2/h3-10H,1-2H3. The molecule has 0 saturated carbocycles. The van der Waals surface area contributed by atoms with Gasteiger partial charge in [-0.2, -0.15) is 0 Å². The van der Waals surface area contributed by atoms with Crippen LogP contribution in [-0.2, 0) is 9.53 Å². The molecule has 0 unspecified atom stereocenters. The Hall–Kier alpha value is -2.60. The molecule has 1 aliphatic rings. The summed E-state index contributed by atoms with van der Waals surface area (Å²) in [5.41, 5.74) is 1.66. The van der Waals surface area contributed by atoms with Crippen LogP contribution in [0.4, 0.5) is 0 Å². The normalized spacial score (nSPS) is 15.2. The molecule has 6 heteroatoms. The van der Waals surface area contributed by atoms with Crippen LogP contribution < -0.4 is 9.47 Å². The first-order valence-electron chi connectivity index (χ1n) is 7.11. The van der Waals surface area contributed by atoms with E-state index < -0.39 is 5.97 Å².